The van der Waals surface area contributed by atoms with Gasteiger partial charge in [-0.1, -0.05) is 29.8 Å². The van der Waals surface area contributed by atoms with Crippen LogP contribution < -0.4 is 11.0 Å². The number of H-pyrrole nitrogens is 1. The van der Waals surface area contributed by atoms with Crippen molar-refractivity contribution in [3.05, 3.63) is 87.0 Å². The minimum Gasteiger partial charge on any atom is -0.364 e. The van der Waals surface area contributed by atoms with Gasteiger partial charge in [0, 0.05) is 17.5 Å². The first kappa shape index (κ1) is 19.6. The molecule has 6 heteroatoms. The van der Waals surface area contributed by atoms with Gasteiger partial charge in [-0.25, -0.2) is 15.0 Å². The fourth-order valence-electron chi connectivity index (χ4n) is 3.89. The molecule has 0 saturated heterocycles. The van der Waals surface area contributed by atoms with Gasteiger partial charge in [0.25, 0.3) is 5.56 Å². The lowest BCUT2D eigenvalue weighted by molar-refractivity contribution is 0.945. The van der Waals surface area contributed by atoms with Gasteiger partial charge in [-0.3, -0.25) is 4.79 Å². The average molecular weight is 399 g/mol. The molecule has 0 unspecified atom stereocenters. The van der Waals surface area contributed by atoms with Crippen molar-refractivity contribution >= 4 is 22.6 Å². The number of nitrogens with one attached hydrogen (secondary N) is 2. The van der Waals surface area contributed by atoms with Crippen LogP contribution in [0.4, 0.5) is 5.95 Å². The van der Waals surface area contributed by atoms with E-state index in [0.29, 0.717) is 16.9 Å². The molecule has 0 spiro atoms. The highest BCUT2D eigenvalue weighted by Gasteiger charge is 2.15. The van der Waals surface area contributed by atoms with Gasteiger partial charge in [-0.05, 0) is 63.9 Å². The zero-order chi connectivity index (χ0) is 21.4. The normalized spacial score (nSPS) is 11.8. The zero-order valence-electron chi connectivity index (χ0n) is 17.9. The van der Waals surface area contributed by atoms with E-state index in [9.17, 15) is 4.79 Å². The Kier molecular flexibility index (Phi) is 4.99. The van der Waals surface area contributed by atoms with Gasteiger partial charge in [0.1, 0.15) is 0 Å². The number of nitrogens with zero attached hydrogens (tertiary/aromatic N) is 3. The molecule has 0 saturated carbocycles. The topological polar surface area (TPSA) is 75.1 Å². The number of aromatic nitrogens is 3. The Morgan fingerprint density at radius 2 is 1.83 bits per heavy atom. The maximum atomic E-state index is 13.4. The molecule has 30 heavy (non-hydrogen) atoms. The van der Waals surface area contributed by atoms with Crippen molar-refractivity contribution < 1.29 is 0 Å². The summed E-state index contributed by atoms with van der Waals surface area (Å²) in [6.45, 7) is 10.0. The van der Waals surface area contributed by atoms with E-state index in [0.717, 1.165) is 39.3 Å². The molecule has 2 heterocycles. The van der Waals surface area contributed by atoms with Gasteiger partial charge < -0.3 is 4.98 Å². The number of fused-ring (bicyclic) bond motifs is 1. The average Bonchev–Trinajstić information content (AvgIpc) is 3.05. The number of rotatable bonds is 4. The lowest BCUT2D eigenvalue weighted by atomic mass is 10.1. The molecule has 0 atom stereocenters. The molecule has 4 aromatic rings. The molecule has 4 rings (SSSR count). The van der Waals surface area contributed by atoms with E-state index in [1.807, 2.05) is 71.1 Å². The molecular weight excluding hydrogens is 374 g/mol. The first-order valence-electron chi connectivity index (χ1n) is 9.91. The van der Waals surface area contributed by atoms with E-state index < -0.39 is 0 Å². The van der Waals surface area contributed by atoms with Gasteiger partial charge >= 0.3 is 0 Å². The Morgan fingerprint density at radius 1 is 1.07 bits per heavy atom. The van der Waals surface area contributed by atoms with Crippen molar-refractivity contribution in [2.45, 2.75) is 34.6 Å². The highest BCUT2D eigenvalue weighted by molar-refractivity contribution is 6.01. The van der Waals surface area contributed by atoms with Crippen LogP contribution in [0.5, 0.6) is 0 Å². The molecule has 0 fully saturated rings. The monoisotopic (exact) mass is 399 g/mol. The summed E-state index contributed by atoms with van der Waals surface area (Å²) in [5.41, 5.74) is 10.5. The van der Waals surface area contributed by atoms with Crippen molar-refractivity contribution in [1.29, 1.82) is 0 Å². The Labute approximate surface area is 175 Å². The van der Waals surface area contributed by atoms with Crippen molar-refractivity contribution in [3.63, 3.8) is 0 Å². The fraction of sp³-hybridized carbons (Fsp3) is 0.208. The van der Waals surface area contributed by atoms with Crippen LogP contribution in [-0.2, 0) is 0 Å². The van der Waals surface area contributed by atoms with E-state index in [-0.39, 0.29) is 5.56 Å². The molecule has 0 radical (unpaired) electrons. The number of anilines is 1. The van der Waals surface area contributed by atoms with Crippen LogP contribution >= 0.6 is 0 Å². The zero-order valence-corrected chi connectivity index (χ0v) is 17.9. The molecule has 2 N–H and O–H groups in total. The van der Waals surface area contributed by atoms with Crippen LogP contribution in [0.25, 0.3) is 16.6 Å². The van der Waals surface area contributed by atoms with Crippen molar-refractivity contribution in [2.24, 2.45) is 5.10 Å². The molecular formula is C24H25N5O. The number of aryl methyl sites for hydroxylation is 4. The lowest BCUT2D eigenvalue weighted by Crippen LogP contribution is -2.23. The predicted molar refractivity (Wildman–Crippen MR) is 123 cm³/mol. The summed E-state index contributed by atoms with van der Waals surface area (Å²) in [7, 11) is 0. The summed E-state index contributed by atoms with van der Waals surface area (Å²) < 4.78 is 1.60. The van der Waals surface area contributed by atoms with E-state index >= 15 is 0 Å². The number of aromatic amines is 1. The quantitative estimate of drug-likeness (QED) is 0.383. The van der Waals surface area contributed by atoms with Crippen LogP contribution in [0, 0.1) is 27.7 Å². The van der Waals surface area contributed by atoms with Crippen LogP contribution in [0.3, 0.4) is 0 Å². The maximum Gasteiger partial charge on any atom is 0.267 e. The van der Waals surface area contributed by atoms with E-state index in [2.05, 4.69) is 21.6 Å². The van der Waals surface area contributed by atoms with Gasteiger partial charge in [-0.15, -0.1) is 0 Å². The van der Waals surface area contributed by atoms with Crippen molar-refractivity contribution in [2.75, 3.05) is 5.43 Å². The Balaban J connectivity index is 1.90. The molecule has 2 aromatic heterocycles. The number of hydrazone groups is 1. The number of hydrogen-bond donors (Lipinski definition) is 2. The minimum atomic E-state index is -0.128. The second kappa shape index (κ2) is 7.63. The van der Waals surface area contributed by atoms with Crippen molar-refractivity contribution in [3.8, 4) is 5.69 Å². The molecule has 0 aliphatic rings. The minimum absolute atomic E-state index is 0.128. The number of benzene rings is 2. The predicted octanol–water partition coefficient (Wildman–Crippen LogP) is 4.78. The molecule has 0 bridgehead atoms. The summed E-state index contributed by atoms with van der Waals surface area (Å²) in [6.07, 6.45) is 1.96. The van der Waals surface area contributed by atoms with Gasteiger partial charge in [0.2, 0.25) is 5.95 Å². The van der Waals surface area contributed by atoms with Crippen molar-refractivity contribution in [1.82, 2.24) is 14.5 Å². The third kappa shape index (κ3) is 3.41. The molecule has 6 nitrogen and oxygen atoms in total. The molecule has 0 amide bonds. The van der Waals surface area contributed by atoms with E-state index in [4.69, 9.17) is 4.98 Å². The Bertz CT molecular complexity index is 1320. The summed E-state index contributed by atoms with van der Waals surface area (Å²) in [6, 6.07) is 13.4. The second-order valence-corrected chi connectivity index (χ2v) is 7.66. The fourth-order valence-corrected chi connectivity index (χ4v) is 3.89. The Morgan fingerprint density at radius 3 is 2.53 bits per heavy atom. The first-order chi connectivity index (χ1) is 14.4. The molecule has 0 aliphatic heterocycles. The largest absolute Gasteiger partial charge is 0.364 e. The third-order valence-electron chi connectivity index (χ3n) is 5.33. The summed E-state index contributed by atoms with van der Waals surface area (Å²) in [4.78, 5) is 21.3. The van der Waals surface area contributed by atoms with Crippen LogP contribution in [0.2, 0.25) is 0 Å². The standard InChI is InChI=1S/C24H25N5O/c1-14-10-11-21(15(2)12-14)29-23(30)19-8-6-7-9-20(19)26-24(29)28-27-18(5)22-16(3)13-25-17(22)4/h6-13,25H,1-5H3,(H,26,28)/b27-18+. The van der Waals surface area contributed by atoms with E-state index in [1.165, 1.54) is 0 Å². The van der Waals surface area contributed by atoms with Gasteiger partial charge in [0.05, 0.1) is 22.3 Å². The van der Waals surface area contributed by atoms with E-state index in [1.54, 1.807) is 10.6 Å². The highest BCUT2D eigenvalue weighted by Crippen LogP contribution is 2.21. The van der Waals surface area contributed by atoms with Crippen LogP contribution in [0.15, 0.2) is 58.6 Å². The lowest BCUT2D eigenvalue weighted by Gasteiger charge is -2.15. The number of para-hydroxylation sites is 1. The third-order valence-corrected chi connectivity index (χ3v) is 5.33. The maximum absolute atomic E-state index is 13.4. The Hall–Kier alpha value is -3.67. The SMILES string of the molecule is C/C(=N\Nc1nc2ccccc2c(=O)n1-c1ccc(C)cc1C)c1c(C)c[nH]c1C. The molecule has 152 valence electrons. The van der Waals surface area contributed by atoms with Crippen LogP contribution in [-0.4, -0.2) is 20.2 Å². The summed E-state index contributed by atoms with van der Waals surface area (Å²) in [5, 5.41) is 5.13. The molecule has 0 aliphatic carbocycles. The number of hydrogen-bond acceptors (Lipinski definition) is 4. The highest BCUT2D eigenvalue weighted by atomic mass is 16.1. The molecule has 2 aromatic carbocycles. The first-order valence-corrected chi connectivity index (χ1v) is 9.91. The van der Waals surface area contributed by atoms with Gasteiger partial charge in [0.15, 0.2) is 0 Å². The van der Waals surface area contributed by atoms with Crippen LogP contribution in [0.1, 0.15) is 34.9 Å². The van der Waals surface area contributed by atoms with Gasteiger partial charge in [-0.2, -0.15) is 5.10 Å². The smallest absolute Gasteiger partial charge is 0.267 e. The summed E-state index contributed by atoms with van der Waals surface area (Å²) >= 11 is 0. The second-order valence-electron chi connectivity index (χ2n) is 7.66. The summed E-state index contributed by atoms with van der Waals surface area (Å²) in [5.74, 6) is 0.385.